The lowest BCUT2D eigenvalue weighted by molar-refractivity contribution is 0.394. The standard InChI is InChI=1S/C17H15N3O3S/c1-12-18-17(19-23-12)14-6-4-7-15(11-14)24(21,22)20-10-9-13-5-2-3-8-16(13)20/h2-8,11H,9-10H2,1H3. The van der Waals surface area contributed by atoms with Crippen LogP contribution < -0.4 is 4.31 Å². The minimum absolute atomic E-state index is 0.221. The Hall–Kier alpha value is -2.67. The van der Waals surface area contributed by atoms with Crippen molar-refractivity contribution in [3.63, 3.8) is 0 Å². The lowest BCUT2D eigenvalue weighted by atomic mass is 10.2. The van der Waals surface area contributed by atoms with Crippen LogP contribution in [0.1, 0.15) is 11.5 Å². The molecule has 0 fully saturated rings. The molecule has 0 aliphatic carbocycles. The highest BCUT2D eigenvalue weighted by Gasteiger charge is 2.30. The third kappa shape index (κ3) is 2.37. The lowest BCUT2D eigenvalue weighted by Gasteiger charge is -2.19. The van der Waals surface area contributed by atoms with E-state index in [0.717, 1.165) is 17.7 Å². The lowest BCUT2D eigenvalue weighted by Crippen LogP contribution is -2.29. The number of hydrogen-bond acceptors (Lipinski definition) is 5. The first-order valence-electron chi connectivity index (χ1n) is 7.57. The van der Waals surface area contributed by atoms with Crippen LogP contribution >= 0.6 is 0 Å². The molecule has 1 aliphatic rings. The molecule has 7 heteroatoms. The van der Waals surface area contributed by atoms with Gasteiger partial charge in [0.2, 0.25) is 11.7 Å². The van der Waals surface area contributed by atoms with Crippen molar-refractivity contribution in [1.82, 2.24) is 10.1 Å². The number of fused-ring (bicyclic) bond motifs is 1. The molecule has 3 aromatic rings. The maximum absolute atomic E-state index is 13.0. The molecule has 24 heavy (non-hydrogen) atoms. The van der Waals surface area contributed by atoms with Gasteiger partial charge in [0.1, 0.15) is 0 Å². The highest BCUT2D eigenvalue weighted by atomic mass is 32.2. The van der Waals surface area contributed by atoms with Gasteiger partial charge >= 0.3 is 0 Å². The zero-order chi connectivity index (χ0) is 16.7. The molecule has 0 amide bonds. The molecule has 0 N–H and O–H groups in total. The molecule has 0 unspecified atom stereocenters. The van der Waals surface area contributed by atoms with Crippen LogP contribution in [0, 0.1) is 6.92 Å². The van der Waals surface area contributed by atoms with E-state index in [2.05, 4.69) is 10.1 Å². The number of sulfonamides is 1. The van der Waals surface area contributed by atoms with Gasteiger partial charge in [0, 0.05) is 19.0 Å². The van der Waals surface area contributed by atoms with E-state index in [1.807, 2.05) is 24.3 Å². The Labute approximate surface area is 139 Å². The van der Waals surface area contributed by atoms with E-state index in [4.69, 9.17) is 4.52 Å². The largest absolute Gasteiger partial charge is 0.339 e. The third-order valence-corrected chi connectivity index (χ3v) is 5.86. The second-order valence-corrected chi connectivity index (χ2v) is 7.48. The molecule has 1 aromatic heterocycles. The van der Waals surface area contributed by atoms with Crippen molar-refractivity contribution < 1.29 is 12.9 Å². The van der Waals surface area contributed by atoms with Gasteiger partial charge in [-0.1, -0.05) is 35.5 Å². The summed E-state index contributed by atoms with van der Waals surface area (Å²) < 4.78 is 32.5. The molecule has 2 heterocycles. The highest BCUT2D eigenvalue weighted by Crippen LogP contribution is 2.33. The smallest absolute Gasteiger partial charge is 0.264 e. The van der Waals surface area contributed by atoms with Crippen molar-refractivity contribution in [2.24, 2.45) is 0 Å². The van der Waals surface area contributed by atoms with Crippen LogP contribution in [0.2, 0.25) is 0 Å². The van der Waals surface area contributed by atoms with Crippen molar-refractivity contribution in [1.29, 1.82) is 0 Å². The molecule has 0 spiro atoms. The minimum Gasteiger partial charge on any atom is -0.339 e. The fourth-order valence-electron chi connectivity index (χ4n) is 2.90. The predicted octanol–water partition coefficient (Wildman–Crippen LogP) is 2.80. The monoisotopic (exact) mass is 341 g/mol. The number of rotatable bonds is 3. The average molecular weight is 341 g/mol. The summed E-state index contributed by atoms with van der Waals surface area (Å²) in [5.74, 6) is 0.818. The Morgan fingerprint density at radius 3 is 2.75 bits per heavy atom. The Morgan fingerprint density at radius 1 is 1.12 bits per heavy atom. The molecule has 0 radical (unpaired) electrons. The number of aromatic nitrogens is 2. The summed E-state index contributed by atoms with van der Waals surface area (Å²) in [6, 6.07) is 14.2. The van der Waals surface area contributed by atoms with Crippen molar-refractivity contribution >= 4 is 15.7 Å². The van der Waals surface area contributed by atoms with Crippen LogP contribution in [0.5, 0.6) is 0 Å². The van der Waals surface area contributed by atoms with E-state index in [1.165, 1.54) is 4.31 Å². The number of anilines is 1. The summed E-state index contributed by atoms with van der Waals surface area (Å²) >= 11 is 0. The molecule has 4 rings (SSSR count). The van der Waals surface area contributed by atoms with Crippen molar-refractivity contribution in [3.8, 4) is 11.4 Å². The van der Waals surface area contributed by atoms with Crippen LogP contribution in [0.4, 0.5) is 5.69 Å². The van der Waals surface area contributed by atoms with Crippen molar-refractivity contribution in [2.45, 2.75) is 18.2 Å². The Balaban J connectivity index is 1.76. The van der Waals surface area contributed by atoms with E-state index in [9.17, 15) is 8.42 Å². The first kappa shape index (κ1) is 14.9. The molecule has 122 valence electrons. The first-order valence-corrected chi connectivity index (χ1v) is 9.01. The molecular weight excluding hydrogens is 326 g/mol. The first-order chi connectivity index (χ1) is 11.6. The number of para-hydroxylation sites is 1. The summed E-state index contributed by atoms with van der Waals surface area (Å²) in [6.45, 7) is 2.14. The second kappa shape index (κ2) is 5.45. The molecule has 1 aliphatic heterocycles. The van der Waals surface area contributed by atoms with E-state index < -0.39 is 10.0 Å². The number of aryl methyl sites for hydroxylation is 1. The molecule has 0 saturated carbocycles. The fraction of sp³-hybridized carbons (Fsp3) is 0.176. The quantitative estimate of drug-likeness (QED) is 0.732. The normalized spacial score (nSPS) is 14.0. The average Bonchev–Trinajstić information content (AvgIpc) is 3.21. The number of hydrogen-bond donors (Lipinski definition) is 0. The van der Waals surface area contributed by atoms with E-state index in [-0.39, 0.29) is 4.90 Å². The predicted molar refractivity (Wildman–Crippen MR) is 89.1 cm³/mol. The van der Waals surface area contributed by atoms with Crippen LogP contribution in [-0.4, -0.2) is 25.1 Å². The molecule has 0 atom stereocenters. The topological polar surface area (TPSA) is 76.3 Å². The Kier molecular flexibility index (Phi) is 3.38. The maximum atomic E-state index is 13.0. The zero-order valence-electron chi connectivity index (χ0n) is 13.0. The highest BCUT2D eigenvalue weighted by molar-refractivity contribution is 7.92. The maximum Gasteiger partial charge on any atom is 0.264 e. The Morgan fingerprint density at radius 2 is 1.96 bits per heavy atom. The van der Waals surface area contributed by atoms with E-state index >= 15 is 0 Å². The van der Waals surface area contributed by atoms with Gasteiger partial charge in [-0.3, -0.25) is 4.31 Å². The van der Waals surface area contributed by atoms with Gasteiger partial charge < -0.3 is 4.52 Å². The van der Waals surface area contributed by atoms with Crippen molar-refractivity contribution in [3.05, 3.63) is 60.0 Å². The molecule has 0 bridgehead atoms. The van der Waals surface area contributed by atoms with Crippen LogP contribution in [0.15, 0.2) is 57.9 Å². The van der Waals surface area contributed by atoms with Gasteiger partial charge in [0.25, 0.3) is 10.0 Å². The van der Waals surface area contributed by atoms with Gasteiger partial charge in [-0.25, -0.2) is 8.42 Å². The Bertz CT molecular complexity index is 1010. The van der Waals surface area contributed by atoms with E-state index in [1.54, 1.807) is 31.2 Å². The minimum atomic E-state index is -3.63. The fourth-order valence-corrected chi connectivity index (χ4v) is 4.45. The number of nitrogens with zero attached hydrogens (tertiary/aromatic N) is 3. The van der Waals surface area contributed by atoms with Gasteiger partial charge in [-0.05, 0) is 30.2 Å². The van der Waals surface area contributed by atoms with Crippen molar-refractivity contribution in [2.75, 3.05) is 10.8 Å². The van der Waals surface area contributed by atoms with Gasteiger partial charge in [-0.15, -0.1) is 0 Å². The second-order valence-electron chi connectivity index (χ2n) is 5.62. The molecule has 2 aromatic carbocycles. The summed E-state index contributed by atoms with van der Waals surface area (Å²) in [4.78, 5) is 4.37. The summed E-state index contributed by atoms with van der Waals surface area (Å²) in [5, 5.41) is 3.85. The van der Waals surface area contributed by atoms with Crippen LogP contribution in [-0.2, 0) is 16.4 Å². The summed E-state index contributed by atoms with van der Waals surface area (Å²) in [5.41, 5.74) is 2.41. The van der Waals surface area contributed by atoms with E-state index in [0.29, 0.717) is 23.8 Å². The summed E-state index contributed by atoms with van der Waals surface area (Å²) in [7, 11) is -3.63. The molecular formula is C17H15N3O3S. The van der Waals surface area contributed by atoms with Gasteiger partial charge in [-0.2, -0.15) is 4.98 Å². The van der Waals surface area contributed by atoms with Crippen LogP contribution in [0.3, 0.4) is 0 Å². The summed E-state index contributed by atoms with van der Waals surface area (Å²) in [6.07, 6.45) is 0.721. The third-order valence-electron chi connectivity index (χ3n) is 4.05. The number of benzene rings is 2. The van der Waals surface area contributed by atoms with Gasteiger partial charge in [0.05, 0.1) is 10.6 Å². The van der Waals surface area contributed by atoms with Gasteiger partial charge in [0.15, 0.2) is 0 Å². The van der Waals surface area contributed by atoms with Crippen LogP contribution in [0.25, 0.3) is 11.4 Å². The molecule has 0 saturated heterocycles. The SMILES string of the molecule is Cc1nc(-c2cccc(S(=O)(=O)N3CCc4ccccc43)c2)no1. The zero-order valence-corrected chi connectivity index (χ0v) is 13.8. The molecule has 6 nitrogen and oxygen atoms in total.